The second-order valence-corrected chi connectivity index (χ2v) is 9.75. The Morgan fingerprint density at radius 3 is 2.71 bits per heavy atom. The van der Waals surface area contributed by atoms with Gasteiger partial charge in [-0.15, -0.1) is 0 Å². The lowest BCUT2D eigenvalue weighted by Crippen LogP contribution is -2.19. The third-order valence-electron chi connectivity index (χ3n) is 6.01. The van der Waals surface area contributed by atoms with Gasteiger partial charge in [-0.2, -0.15) is 5.10 Å². The van der Waals surface area contributed by atoms with Gasteiger partial charge in [-0.25, -0.2) is 9.78 Å². The molecule has 5 rings (SSSR count). The molecule has 3 N–H and O–H groups in total. The van der Waals surface area contributed by atoms with Crippen molar-refractivity contribution in [1.82, 2.24) is 19.7 Å². The van der Waals surface area contributed by atoms with Crippen molar-refractivity contribution < 1.29 is 14.3 Å². The van der Waals surface area contributed by atoms with Crippen LogP contribution in [0, 0.1) is 0 Å². The number of nitrogens with zero attached hydrogens (tertiary/aromatic N) is 3. The molecule has 1 atom stereocenters. The van der Waals surface area contributed by atoms with Crippen molar-refractivity contribution in [2.24, 2.45) is 0 Å². The quantitative estimate of drug-likeness (QED) is 0.354. The Morgan fingerprint density at radius 2 is 2.00 bits per heavy atom. The van der Waals surface area contributed by atoms with Crippen LogP contribution >= 0.6 is 0 Å². The molecule has 4 aromatic rings. The number of nitrogens with one attached hydrogen (secondary N) is 3. The summed E-state index contributed by atoms with van der Waals surface area (Å²) in [5, 5.41) is 12.7. The number of carbonyl (C=O) groups excluding carboxylic acids is 1. The normalized spacial score (nSPS) is 15.9. The number of urea groups is 1. The molecule has 9 nitrogen and oxygen atoms in total. The number of H-pyrrole nitrogens is 1. The van der Waals surface area contributed by atoms with E-state index in [2.05, 4.69) is 46.6 Å². The fourth-order valence-corrected chi connectivity index (χ4v) is 4.01. The summed E-state index contributed by atoms with van der Waals surface area (Å²) >= 11 is 0. The van der Waals surface area contributed by atoms with E-state index in [1.54, 1.807) is 6.33 Å². The zero-order valence-electron chi connectivity index (χ0n) is 20.2. The van der Waals surface area contributed by atoms with Crippen LogP contribution in [0.25, 0.3) is 16.7 Å². The van der Waals surface area contributed by atoms with E-state index in [4.69, 9.17) is 9.47 Å². The fraction of sp³-hybridized carbons (Fsp3) is 0.346. The lowest BCUT2D eigenvalue weighted by molar-refractivity contribution is 0.0680. The van der Waals surface area contributed by atoms with Crippen LogP contribution < -0.4 is 15.4 Å². The topological polar surface area (TPSA) is 106 Å². The molecular formula is C26H30N6O3. The Labute approximate surface area is 203 Å². The van der Waals surface area contributed by atoms with Gasteiger partial charge >= 0.3 is 6.03 Å². The summed E-state index contributed by atoms with van der Waals surface area (Å²) in [4.78, 5) is 16.9. The fourth-order valence-electron chi connectivity index (χ4n) is 4.01. The van der Waals surface area contributed by atoms with Crippen molar-refractivity contribution >= 4 is 28.6 Å². The average Bonchev–Trinajstić information content (AvgIpc) is 3.58. The maximum Gasteiger partial charge on any atom is 0.324 e. The summed E-state index contributed by atoms with van der Waals surface area (Å²) in [6, 6.07) is 15.0. The molecule has 182 valence electrons. The number of hydrogen-bond donors (Lipinski definition) is 3. The van der Waals surface area contributed by atoms with Crippen LogP contribution in [0.4, 0.5) is 16.3 Å². The third kappa shape index (κ3) is 5.30. The highest BCUT2D eigenvalue weighted by Crippen LogP contribution is 2.25. The summed E-state index contributed by atoms with van der Waals surface area (Å²) < 4.78 is 13.5. The van der Waals surface area contributed by atoms with E-state index >= 15 is 0 Å². The molecule has 1 fully saturated rings. The minimum atomic E-state index is -0.353. The van der Waals surface area contributed by atoms with Gasteiger partial charge in [0.05, 0.1) is 17.1 Å². The highest BCUT2D eigenvalue weighted by atomic mass is 16.5. The maximum atomic E-state index is 12.4. The first kappa shape index (κ1) is 22.9. The number of benzene rings is 2. The Kier molecular flexibility index (Phi) is 6.17. The van der Waals surface area contributed by atoms with Crippen LogP contribution in [0.3, 0.4) is 0 Å². The highest BCUT2D eigenvalue weighted by Gasteiger charge is 2.18. The molecule has 1 aliphatic heterocycles. The molecule has 3 heterocycles. The molecule has 1 aliphatic rings. The van der Waals surface area contributed by atoms with Crippen molar-refractivity contribution in [3.05, 3.63) is 60.6 Å². The number of aromatic nitrogens is 4. The Bertz CT molecular complexity index is 1310. The number of anilines is 2. The molecule has 1 saturated heterocycles. The van der Waals surface area contributed by atoms with E-state index in [-0.39, 0.29) is 17.6 Å². The molecule has 0 bridgehead atoms. The standard InChI is InChI=1S/C26H30N6O3/c1-26(2,3)23-14-24(31-30-23)29-25(33)28-17-6-8-18(9-7-17)32-16-27-21-13-19(10-11-22(21)32)35-15-20-5-4-12-34-20/h6-11,13-14,16,20H,4-5,12,15H2,1-3H3,(H3,28,29,30,31,33). The summed E-state index contributed by atoms with van der Waals surface area (Å²) in [7, 11) is 0. The molecule has 2 amide bonds. The van der Waals surface area contributed by atoms with Gasteiger partial charge in [0, 0.05) is 41.2 Å². The Balaban J connectivity index is 1.22. The Hall–Kier alpha value is -3.85. The number of amides is 2. The number of carbonyl (C=O) groups is 1. The molecule has 35 heavy (non-hydrogen) atoms. The minimum absolute atomic E-state index is 0.0737. The van der Waals surface area contributed by atoms with E-state index in [9.17, 15) is 4.79 Å². The largest absolute Gasteiger partial charge is 0.491 e. The van der Waals surface area contributed by atoms with E-state index in [0.717, 1.165) is 47.6 Å². The predicted octanol–water partition coefficient (Wildman–Crippen LogP) is 5.25. The van der Waals surface area contributed by atoms with Crippen LogP contribution in [0.15, 0.2) is 54.9 Å². The number of fused-ring (bicyclic) bond motifs is 1. The first-order chi connectivity index (χ1) is 16.8. The molecule has 9 heteroatoms. The van der Waals surface area contributed by atoms with Gasteiger partial charge in [-0.05, 0) is 49.2 Å². The van der Waals surface area contributed by atoms with Gasteiger partial charge in [0.1, 0.15) is 18.7 Å². The molecule has 0 saturated carbocycles. The van der Waals surface area contributed by atoms with Crippen LogP contribution in [-0.2, 0) is 10.2 Å². The smallest absolute Gasteiger partial charge is 0.324 e. The molecule has 2 aromatic carbocycles. The summed E-state index contributed by atoms with van der Waals surface area (Å²) in [6.45, 7) is 7.61. The van der Waals surface area contributed by atoms with Gasteiger partial charge in [0.25, 0.3) is 0 Å². The second-order valence-electron chi connectivity index (χ2n) is 9.75. The van der Waals surface area contributed by atoms with Crippen molar-refractivity contribution in [3.63, 3.8) is 0 Å². The molecule has 0 spiro atoms. The number of aromatic amines is 1. The van der Waals surface area contributed by atoms with Crippen molar-refractivity contribution in [2.75, 3.05) is 23.8 Å². The van der Waals surface area contributed by atoms with Crippen molar-refractivity contribution in [1.29, 1.82) is 0 Å². The summed E-state index contributed by atoms with van der Waals surface area (Å²) in [5.74, 6) is 1.27. The predicted molar refractivity (Wildman–Crippen MR) is 135 cm³/mol. The molecule has 1 unspecified atom stereocenters. The molecule has 0 aliphatic carbocycles. The van der Waals surface area contributed by atoms with E-state index < -0.39 is 0 Å². The monoisotopic (exact) mass is 474 g/mol. The Morgan fingerprint density at radius 1 is 1.17 bits per heavy atom. The van der Waals surface area contributed by atoms with E-state index in [1.807, 2.05) is 53.1 Å². The number of hydrogen-bond acceptors (Lipinski definition) is 5. The van der Waals surface area contributed by atoms with E-state index in [1.165, 1.54) is 0 Å². The van der Waals surface area contributed by atoms with Crippen molar-refractivity contribution in [3.8, 4) is 11.4 Å². The molecule has 2 aromatic heterocycles. The van der Waals surface area contributed by atoms with Crippen LogP contribution in [0.2, 0.25) is 0 Å². The van der Waals surface area contributed by atoms with Crippen LogP contribution in [0.5, 0.6) is 5.75 Å². The van der Waals surface area contributed by atoms with E-state index in [0.29, 0.717) is 18.1 Å². The second kappa shape index (κ2) is 9.42. The van der Waals surface area contributed by atoms with Gasteiger partial charge in [0.2, 0.25) is 0 Å². The number of rotatable bonds is 6. The van der Waals surface area contributed by atoms with Gasteiger partial charge < -0.3 is 14.8 Å². The van der Waals surface area contributed by atoms with Crippen LogP contribution in [-0.4, -0.2) is 45.1 Å². The average molecular weight is 475 g/mol. The lowest BCUT2D eigenvalue weighted by Gasteiger charge is -2.14. The molecular weight excluding hydrogens is 444 g/mol. The third-order valence-corrected chi connectivity index (χ3v) is 6.01. The number of imidazole rings is 1. The first-order valence-corrected chi connectivity index (χ1v) is 11.8. The zero-order valence-corrected chi connectivity index (χ0v) is 20.2. The van der Waals surface area contributed by atoms with Gasteiger partial charge in [-0.3, -0.25) is 15.0 Å². The number of ether oxygens (including phenoxy) is 2. The van der Waals surface area contributed by atoms with Gasteiger partial charge in [0.15, 0.2) is 5.82 Å². The first-order valence-electron chi connectivity index (χ1n) is 11.8. The maximum absolute atomic E-state index is 12.4. The SMILES string of the molecule is CC(C)(C)c1cc(NC(=O)Nc2ccc(-n3cnc4cc(OCC5CCCO5)ccc43)cc2)n[nH]1. The van der Waals surface area contributed by atoms with Crippen molar-refractivity contribution in [2.45, 2.75) is 45.1 Å². The molecule has 0 radical (unpaired) electrons. The summed E-state index contributed by atoms with van der Waals surface area (Å²) in [5.41, 5.74) is 4.31. The zero-order chi connectivity index (χ0) is 24.4. The summed E-state index contributed by atoms with van der Waals surface area (Å²) in [6.07, 6.45) is 4.11. The van der Waals surface area contributed by atoms with Gasteiger partial charge in [-0.1, -0.05) is 20.8 Å². The van der Waals surface area contributed by atoms with Crippen LogP contribution in [0.1, 0.15) is 39.3 Å². The lowest BCUT2D eigenvalue weighted by atomic mass is 9.92. The minimum Gasteiger partial charge on any atom is -0.491 e. The highest BCUT2D eigenvalue weighted by molar-refractivity contribution is 5.99.